The van der Waals surface area contributed by atoms with E-state index < -0.39 is 0 Å². The second-order valence-corrected chi connectivity index (χ2v) is 4.42. The molecule has 0 saturated carbocycles. The van der Waals surface area contributed by atoms with Crippen molar-refractivity contribution in [1.29, 1.82) is 5.41 Å². The molecule has 76 valence electrons. The summed E-state index contributed by atoms with van der Waals surface area (Å²) in [5.41, 5.74) is 3.30. The largest absolute Gasteiger partial charge is 0.361 e. The van der Waals surface area contributed by atoms with Crippen molar-refractivity contribution in [2.75, 3.05) is 0 Å². The van der Waals surface area contributed by atoms with Gasteiger partial charge in [-0.05, 0) is 24.0 Å². The molecule has 0 saturated heterocycles. The molecule has 14 heavy (non-hydrogen) atoms. The van der Waals surface area contributed by atoms with E-state index in [1.54, 1.807) is 0 Å². The Balaban J connectivity index is 3.27. The third-order valence-corrected chi connectivity index (χ3v) is 2.24. The molecule has 0 bridgehead atoms. The first kappa shape index (κ1) is 10.8. The number of H-pyrrole nitrogens is 1. The van der Waals surface area contributed by atoms with Crippen molar-refractivity contribution in [2.45, 2.75) is 33.1 Å². The Morgan fingerprint density at radius 1 is 1.36 bits per heavy atom. The van der Waals surface area contributed by atoms with Crippen LogP contribution < -0.4 is 0 Å². The SMILES string of the molecule is C/C=C\c1[nH]cc(C(C)(C)C)c1C=N. The number of rotatable bonds is 2. The summed E-state index contributed by atoms with van der Waals surface area (Å²) in [5, 5.41) is 7.42. The molecule has 1 aromatic heterocycles. The van der Waals surface area contributed by atoms with Crippen LogP contribution in [-0.4, -0.2) is 11.2 Å². The van der Waals surface area contributed by atoms with Crippen molar-refractivity contribution in [3.63, 3.8) is 0 Å². The van der Waals surface area contributed by atoms with Gasteiger partial charge in [-0.15, -0.1) is 0 Å². The minimum absolute atomic E-state index is 0.0865. The maximum atomic E-state index is 7.42. The van der Waals surface area contributed by atoms with Gasteiger partial charge in [0.25, 0.3) is 0 Å². The van der Waals surface area contributed by atoms with Crippen molar-refractivity contribution in [2.24, 2.45) is 0 Å². The van der Waals surface area contributed by atoms with Crippen LogP contribution in [-0.2, 0) is 5.41 Å². The van der Waals surface area contributed by atoms with Crippen molar-refractivity contribution >= 4 is 12.3 Å². The normalized spacial score (nSPS) is 12.3. The summed E-state index contributed by atoms with van der Waals surface area (Å²) in [4.78, 5) is 3.19. The monoisotopic (exact) mass is 190 g/mol. The van der Waals surface area contributed by atoms with E-state index in [4.69, 9.17) is 5.41 Å². The average Bonchev–Trinajstić information content (AvgIpc) is 2.47. The van der Waals surface area contributed by atoms with Gasteiger partial charge < -0.3 is 10.4 Å². The highest BCUT2D eigenvalue weighted by Crippen LogP contribution is 2.27. The van der Waals surface area contributed by atoms with E-state index in [0.29, 0.717) is 0 Å². The molecule has 0 aromatic carbocycles. The van der Waals surface area contributed by atoms with Gasteiger partial charge in [0.05, 0.1) is 0 Å². The van der Waals surface area contributed by atoms with Crippen LogP contribution >= 0.6 is 0 Å². The Labute approximate surface area is 85.6 Å². The molecule has 0 spiro atoms. The average molecular weight is 190 g/mol. The number of aromatic nitrogens is 1. The summed E-state index contributed by atoms with van der Waals surface area (Å²) in [5.74, 6) is 0. The maximum Gasteiger partial charge on any atom is 0.0469 e. The standard InChI is InChI=1S/C12H18N2/c1-5-6-11-9(7-13)10(8-14-11)12(2,3)4/h5-8,13-14H,1-4H3/b6-5-,13-7?. The Kier molecular flexibility index (Phi) is 2.94. The van der Waals surface area contributed by atoms with E-state index in [1.165, 1.54) is 11.8 Å². The van der Waals surface area contributed by atoms with Crippen LogP contribution in [0.15, 0.2) is 12.3 Å². The van der Waals surface area contributed by atoms with Crippen LogP contribution in [0.4, 0.5) is 0 Å². The molecule has 2 N–H and O–H groups in total. The van der Waals surface area contributed by atoms with Crippen LogP contribution in [0.5, 0.6) is 0 Å². The quantitative estimate of drug-likeness (QED) is 0.671. The molecule has 0 amide bonds. The van der Waals surface area contributed by atoms with E-state index in [1.807, 2.05) is 25.3 Å². The lowest BCUT2D eigenvalue weighted by Gasteiger charge is -2.17. The zero-order chi connectivity index (χ0) is 10.8. The molecule has 1 heterocycles. The molecular formula is C12H18N2. The first-order chi connectivity index (χ1) is 6.50. The summed E-state index contributed by atoms with van der Waals surface area (Å²) in [6.45, 7) is 8.44. The van der Waals surface area contributed by atoms with Gasteiger partial charge in [-0.3, -0.25) is 0 Å². The second-order valence-electron chi connectivity index (χ2n) is 4.42. The van der Waals surface area contributed by atoms with Crippen LogP contribution in [0.3, 0.4) is 0 Å². The first-order valence-electron chi connectivity index (χ1n) is 4.85. The summed E-state index contributed by atoms with van der Waals surface area (Å²) >= 11 is 0. The number of hydrogen-bond acceptors (Lipinski definition) is 1. The Morgan fingerprint density at radius 2 is 2.00 bits per heavy atom. The maximum absolute atomic E-state index is 7.42. The van der Waals surface area contributed by atoms with Gasteiger partial charge in [0, 0.05) is 23.7 Å². The minimum atomic E-state index is 0.0865. The molecule has 0 atom stereocenters. The fraction of sp³-hybridized carbons (Fsp3) is 0.417. The van der Waals surface area contributed by atoms with Gasteiger partial charge in [-0.1, -0.05) is 26.8 Å². The highest BCUT2D eigenvalue weighted by molar-refractivity contribution is 5.85. The molecule has 1 aromatic rings. The molecule has 0 aliphatic heterocycles. The Bertz CT molecular complexity index is 351. The van der Waals surface area contributed by atoms with Gasteiger partial charge in [-0.25, -0.2) is 0 Å². The van der Waals surface area contributed by atoms with Gasteiger partial charge >= 0.3 is 0 Å². The van der Waals surface area contributed by atoms with E-state index >= 15 is 0 Å². The van der Waals surface area contributed by atoms with E-state index in [9.17, 15) is 0 Å². The van der Waals surface area contributed by atoms with Crippen LogP contribution in [0, 0.1) is 5.41 Å². The molecular weight excluding hydrogens is 172 g/mol. The Morgan fingerprint density at radius 3 is 2.43 bits per heavy atom. The lowest BCUT2D eigenvalue weighted by molar-refractivity contribution is 0.590. The van der Waals surface area contributed by atoms with Gasteiger partial charge in [0.15, 0.2) is 0 Å². The molecule has 0 unspecified atom stereocenters. The van der Waals surface area contributed by atoms with Gasteiger partial charge in [-0.2, -0.15) is 0 Å². The zero-order valence-corrected chi connectivity index (χ0v) is 9.31. The fourth-order valence-corrected chi connectivity index (χ4v) is 1.53. The van der Waals surface area contributed by atoms with E-state index in [-0.39, 0.29) is 5.41 Å². The van der Waals surface area contributed by atoms with Crippen LogP contribution in [0.1, 0.15) is 44.5 Å². The topological polar surface area (TPSA) is 39.6 Å². The summed E-state index contributed by atoms with van der Waals surface area (Å²) < 4.78 is 0. The fourth-order valence-electron chi connectivity index (χ4n) is 1.53. The summed E-state index contributed by atoms with van der Waals surface area (Å²) in [7, 11) is 0. The Hall–Kier alpha value is -1.31. The smallest absolute Gasteiger partial charge is 0.0469 e. The predicted octanol–water partition coefficient (Wildman–Crippen LogP) is 3.34. The minimum Gasteiger partial charge on any atom is -0.361 e. The second kappa shape index (κ2) is 3.82. The van der Waals surface area contributed by atoms with Crippen molar-refractivity contribution < 1.29 is 0 Å². The molecule has 2 nitrogen and oxygen atoms in total. The zero-order valence-electron chi connectivity index (χ0n) is 9.31. The van der Waals surface area contributed by atoms with Crippen LogP contribution in [0.2, 0.25) is 0 Å². The molecule has 1 rings (SSSR count). The summed E-state index contributed by atoms with van der Waals surface area (Å²) in [6, 6.07) is 0. The third kappa shape index (κ3) is 1.95. The van der Waals surface area contributed by atoms with Crippen molar-refractivity contribution in [1.82, 2.24) is 4.98 Å². The predicted molar refractivity (Wildman–Crippen MR) is 62.1 cm³/mol. The number of aromatic amines is 1. The van der Waals surface area contributed by atoms with E-state index in [0.717, 1.165) is 11.3 Å². The molecule has 0 radical (unpaired) electrons. The van der Waals surface area contributed by atoms with Gasteiger partial charge in [0.1, 0.15) is 0 Å². The van der Waals surface area contributed by atoms with Crippen LogP contribution in [0.25, 0.3) is 6.08 Å². The highest BCUT2D eigenvalue weighted by atomic mass is 14.7. The lowest BCUT2D eigenvalue weighted by Crippen LogP contribution is -2.12. The van der Waals surface area contributed by atoms with E-state index in [2.05, 4.69) is 25.8 Å². The lowest BCUT2D eigenvalue weighted by atomic mass is 9.86. The molecule has 0 fully saturated rings. The third-order valence-electron chi connectivity index (χ3n) is 2.24. The number of hydrogen-bond donors (Lipinski definition) is 2. The number of nitrogens with one attached hydrogen (secondary N) is 2. The molecule has 2 heteroatoms. The summed E-state index contributed by atoms with van der Waals surface area (Å²) in [6.07, 6.45) is 7.39. The van der Waals surface area contributed by atoms with Gasteiger partial charge in [0.2, 0.25) is 0 Å². The molecule has 0 aliphatic rings. The van der Waals surface area contributed by atoms with Crippen molar-refractivity contribution in [3.05, 3.63) is 29.1 Å². The van der Waals surface area contributed by atoms with Crippen molar-refractivity contribution in [3.8, 4) is 0 Å². The molecule has 0 aliphatic carbocycles. The highest BCUT2D eigenvalue weighted by Gasteiger charge is 2.19. The number of allylic oxidation sites excluding steroid dienone is 1. The first-order valence-corrected chi connectivity index (χ1v) is 4.85.